The van der Waals surface area contributed by atoms with Gasteiger partial charge in [0.25, 0.3) is 0 Å². The SMILES string of the molecule is Cc1ccc([Se+]2CC2)cc1. The normalized spacial score (nSPS) is 17.3. The Balaban J connectivity index is 2.28. The minimum absolute atomic E-state index is 0.179. The van der Waals surface area contributed by atoms with Crippen molar-refractivity contribution in [2.45, 2.75) is 17.6 Å². The van der Waals surface area contributed by atoms with Crippen molar-refractivity contribution < 1.29 is 0 Å². The Bertz CT molecular complexity index is 221. The molecule has 1 heterocycles. The van der Waals surface area contributed by atoms with E-state index in [-0.39, 0.29) is 13.9 Å². The number of aryl methyl sites for hydroxylation is 1. The van der Waals surface area contributed by atoms with Gasteiger partial charge in [-0.2, -0.15) is 0 Å². The first kappa shape index (κ1) is 6.45. The van der Waals surface area contributed by atoms with Gasteiger partial charge in [0, 0.05) is 0 Å². The van der Waals surface area contributed by atoms with Crippen molar-refractivity contribution >= 4 is 18.4 Å². The van der Waals surface area contributed by atoms with Crippen LogP contribution in [-0.2, 0) is 0 Å². The third kappa shape index (κ3) is 1.25. The van der Waals surface area contributed by atoms with Crippen LogP contribution >= 0.6 is 0 Å². The predicted octanol–water partition coefficient (Wildman–Crippen LogP) is 1.71. The van der Waals surface area contributed by atoms with Crippen LogP contribution in [0.4, 0.5) is 0 Å². The van der Waals surface area contributed by atoms with E-state index in [0.29, 0.717) is 0 Å². The monoisotopic (exact) mass is 199 g/mol. The van der Waals surface area contributed by atoms with Crippen molar-refractivity contribution in [2.24, 2.45) is 0 Å². The maximum atomic E-state index is 2.31. The van der Waals surface area contributed by atoms with E-state index in [1.165, 1.54) is 16.2 Å². The van der Waals surface area contributed by atoms with Gasteiger partial charge in [-0.3, -0.25) is 0 Å². The predicted molar refractivity (Wildman–Crippen MR) is 46.2 cm³/mol. The Morgan fingerprint density at radius 2 is 1.70 bits per heavy atom. The number of rotatable bonds is 1. The molecule has 0 aliphatic carbocycles. The van der Waals surface area contributed by atoms with Gasteiger partial charge in [0.15, 0.2) is 0 Å². The van der Waals surface area contributed by atoms with Gasteiger partial charge in [0.1, 0.15) is 0 Å². The van der Waals surface area contributed by atoms with Crippen molar-refractivity contribution in [3.63, 3.8) is 0 Å². The van der Waals surface area contributed by atoms with Gasteiger partial charge in [-0.15, -0.1) is 0 Å². The summed E-state index contributed by atoms with van der Waals surface area (Å²) in [5, 5.41) is 3.06. The second-order valence-electron chi connectivity index (χ2n) is 2.71. The topological polar surface area (TPSA) is 0 Å². The molecule has 1 heteroatoms. The molecule has 1 aromatic rings. The molecule has 0 N–H and O–H groups in total. The fourth-order valence-corrected chi connectivity index (χ4v) is 4.17. The molecule has 2 rings (SSSR count). The summed E-state index contributed by atoms with van der Waals surface area (Å²) in [6.45, 7) is 2.15. The molecule has 10 heavy (non-hydrogen) atoms. The zero-order chi connectivity index (χ0) is 6.97. The van der Waals surface area contributed by atoms with E-state index < -0.39 is 0 Å². The van der Waals surface area contributed by atoms with Crippen molar-refractivity contribution in [3.8, 4) is 0 Å². The van der Waals surface area contributed by atoms with Gasteiger partial charge in [-0.25, -0.2) is 0 Å². The molecular formula is C9H11Se+. The van der Waals surface area contributed by atoms with E-state index in [4.69, 9.17) is 0 Å². The summed E-state index contributed by atoms with van der Waals surface area (Å²) in [4.78, 5) is 0. The Kier molecular flexibility index (Phi) is 1.55. The first-order chi connectivity index (χ1) is 4.86. The fourth-order valence-electron chi connectivity index (χ4n) is 1.01. The van der Waals surface area contributed by atoms with Crippen LogP contribution in [0.2, 0.25) is 10.6 Å². The first-order valence-electron chi connectivity index (χ1n) is 3.60. The molecule has 1 saturated heterocycles. The van der Waals surface area contributed by atoms with E-state index in [9.17, 15) is 0 Å². The number of hydrogen-bond acceptors (Lipinski definition) is 0. The van der Waals surface area contributed by atoms with Crippen molar-refractivity contribution in [1.29, 1.82) is 0 Å². The Morgan fingerprint density at radius 3 is 2.20 bits per heavy atom. The Morgan fingerprint density at radius 1 is 1.10 bits per heavy atom. The molecule has 1 aromatic carbocycles. The molecule has 0 nitrogen and oxygen atoms in total. The molecule has 0 amide bonds. The zero-order valence-electron chi connectivity index (χ0n) is 6.13. The van der Waals surface area contributed by atoms with Crippen molar-refractivity contribution in [3.05, 3.63) is 29.8 Å². The van der Waals surface area contributed by atoms with Gasteiger partial charge in [-0.1, -0.05) is 0 Å². The molecule has 0 unspecified atom stereocenters. The number of hydrogen-bond donors (Lipinski definition) is 0. The molecule has 0 atom stereocenters. The summed E-state index contributed by atoms with van der Waals surface area (Å²) in [7, 11) is 0. The van der Waals surface area contributed by atoms with Crippen LogP contribution in [0.15, 0.2) is 24.3 Å². The third-order valence-corrected chi connectivity index (χ3v) is 5.45. The second-order valence-corrected chi connectivity index (χ2v) is 7.48. The molecule has 0 aromatic heterocycles. The minimum atomic E-state index is -0.179. The average Bonchev–Trinajstić information content (AvgIpc) is 2.71. The van der Waals surface area contributed by atoms with Crippen LogP contribution in [0.25, 0.3) is 0 Å². The summed E-state index contributed by atoms with van der Waals surface area (Å²) in [6.07, 6.45) is 0. The van der Waals surface area contributed by atoms with Crippen LogP contribution in [-0.4, -0.2) is 13.9 Å². The van der Waals surface area contributed by atoms with E-state index in [2.05, 4.69) is 31.2 Å². The van der Waals surface area contributed by atoms with Crippen LogP contribution in [0.1, 0.15) is 5.56 Å². The molecule has 0 spiro atoms. The molecule has 0 saturated carbocycles. The van der Waals surface area contributed by atoms with Crippen molar-refractivity contribution in [1.82, 2.24) is 0 Å². The molecular weight excluding hydrogens is 187 g/mol. The fraction of sp³-hybridized carbons (Fsp3) is 0.333. The summed E-state index contributed by atoms with van der Waals surface area (Å²) in [6, 6.07) is 9.09. The quantitative estimate of drug-likeness (QED) is 0.602. The number of benzene rings is 1. The summed E-state index contributed by atoms with van der Waals surface area (Å²) in [5.74, 6) is 0. The van der Waals surface area contributed by atoms with E-state index in [0.717, 1.165) is 0 Å². The average molecular weight is 198 g/mol. The first-order valence-corrected chi connectivity index (χ1v) is 6.88. The van der Waals surface area contributed by atoms with Crippen LogP contribution < -0.4 is 4.46 Å². The van der Waals surface area contributed by atoms with Crippen LogP contribution in [0.5, 0.6) is 0 Å². The Hall–Kier alpha value is -0.261. The van der Waals surface area contributed by atoms with Gasteiger partial charge in [0.2, 0.25) is 0 Å². The third-order valence-electron chi connectivity index (χ3n) is 1.76. The van der Waals surface area contributed by atoms with Gasteiger partial charge < -0.3 is 0 Å². The van der Waals surface area contributed by atoms with E-state index >= 15 is 0 Å². The van der Waals surface area contributed by atoms with Crippen LogP contribution in [0, 0.1) is 6.92 Å². The van der Waals surface area contributed by atoms with Gasteiger partial charge in [0.05, 0.1) is 0 Å². The van der Waals surface area contributed by atoms with E-state index in [1.54, 1.807) is 4.46 Å². The molecule has 1 aliphatic rings. The molecule has 1 aliphatic heterocycles. The van der Waals surface area contributed by atoms with Gasteiger partial charge in [-0.05, 0) is 0 Å². The van der Waals surface area contributed by atoms with Crippen molar-refractivity contribution in [2.75, 3.05) is 0 Å². The maximum absolute atomic E-state index is 2.31. The molecule has 52 valence electrons. The summed E-state index contributed by atoms with van der Waals surface area (Å²) >= 11 is -0.179. The Labute approximate surface area is 66.1 Å². The second kappa shape index (κ2) is 2.41. The zero-order valence-corrected chi connectivity index (χ0v) is 7.84. The summed E-state index contributed by atoms with van der Waals surface area (Å²) < 4.78 is 1.66. The molecule has 0 radical (unpaired) electrons. The standard InChI is InChI=1S/C9H11Se/c1-8-2-4-9(5-3-8)10-6-7-10/h2-5H,6-7H2,1H3/q+1. The van der Waals surface area contributed by atoms with Gasteiger partial charge >= 0.3 is 65.8 Å². The molecule has 1 fully saturated rings. The summed E-state index contributed by atoms with van der Waals surface area (Å²) in [5.41, 5.74) is 1.39. The van der Waals surface area contributed by atoms with Crippen LogP contribution in [0.3, 0.4) is 0 Å². The molecule has 0 bridgehead atoms. The van der Waals surface area contributed by atoms with E-state index in [1.807, 2.05) is 0 Å².